The first-order valence-electron chi connectivity index (χ1n) is 44.0. The van der Waals surface area contributed by atoms with Crippen LogP contribution in [0.5, 0.6) is 0 Å². The van der Waals surface area contributed by atoms with Gasteiger partial charge in [-0.1, -0.05) is 132 Å². The molecule has 19 nitrogen and oxygen atoms in total. The van der Waals surface area contributed by atoms with E-state index in [-0.39, 0.29) is 164 Å². The number of nitrogens with zero attached hydrogens (tertiary/aromatic N) is 1. The third kappa shape index (κ3) is 15.9. The molecule has 8 bridgehead atoms. The molecule has 0 amide bonds. The van der Waals surface area contributed by atoms with Gasteiger partial charge in [0.05, 0.1) is 98.2 Å². The highest BCUT2D eigenvalue weighted by Crippen LogP contribution is 2.59. The van der Waals surface area contributed by atoms with Gasteiger partial charge in [0.1, 0.15) is 0 Å². The van der Waals surface area contributed by atoms with Crippen LogP contribution < -0.4 is 53.2 Å². The third-order valence-electron chi connectivity index (χ3n) is 29.3. The molecule has 6 saturated carbocycles. The topological polar surface area (TPSA) is 197 Å². The van der Waals surface area contributed by atoms with E-state index in [9.17, 15) is 0 Å². The van der Waals surface area contributed by atoms with E-state index >= 15 is 0 Å². The van der Waals surface area contributed by atoms with E-state index < -0.39 is 0 Å². The van der Waals surface area contributed by atoms with Gasteiger partial charge in [-0.15, -0.1) is 0 Å². The fourth-order valence-electron chi connectivity index (χ4n) is 24.7. The Morgan fingerprint density at radius 1 is 0.267 bits per heavy atom. The van der Waals surface area contributed by atoms with Gasteiger partial charge in [0.2, 0.25) is 0 Å². The summed E-state index contributed by atoms with van der Waals surface area (Å²) in [4.78, 5) is 2.80. The van der Waals surface area contributed by atoms with Gasteiger partial charge in [0, 0.05) is 136 Å². The molecule has 0 radical (unpaired) electrons. The summed E-state index contributed by atoms with van der Waals surface area (Å²) in [5, 5.41) is 45.8. The van der Waals surface area contributed by atoms with Gasteiger partial charge in [0.25, 0.3) is 0 Å². The fraction of sp³-hybridized carbons (Fsp3) is 1.00. The Morgan fingerprint density at radius 2 is 0.505 bits per heavy atom. The van der Waals surface area contributed by atoms with Crippen LogP contribution in [0.4, 0.5) is 0 Å². The van der Waals surface area contributed by atoms with Crippen LogP contribution in [0.2, 0.25) is 0 Å². The van der Waals surface area contributed by atoms with Crippen LogP contribution in [0.3, 0.4) is 0 Å². The molecule has 0 aromatic rings. The van der Waals surface area contributed by atoms with Gasteiger partial charge in [0.15, 0.2) is 0 Å². The number of nitrogens with one attached hydrogen (secondary N) is 10. The minimum atomic E-state index is -0.131. The van der Waals surface area contributed by atoms with Crippen LogP contribution in [0.25, 0.3) is 0 Å². The van der Waals surface area contributed by atoms with Crippen molar-refractivity contribution in [1.82, 2.24) is 58.1 Å². The Labute approximate surface area is 612 Å². The molecule has 10 N–H and O–H groups in total. The van der Waals surface area contributed by atoms with Crippen molar-refractivity contribution in [3.05, 3.63) is 0 Å². The van der Waals surface area contributed by atoms with Crippen LogP contribution in [0, 0.1) is 88.8 Å². The Kier molecular flexibility index (Phi) is 28.1. The standard InChI is InChI=1S/C82H149N11O8/c1-10-18-39-94-67-51-33-28-36-83-64(51)72(99-44-23-15-6)60-58(67)76-86-75-56-57(71(98-43-22-14-5)55-48-50-32-27-26-31-49(50)47-54(55)70(56)97-42-21-13-4)79(89-75)91-82-63-62(69(96-41-20-12-3)53-35-30-38-85-66(53)74(63)101-46-25-17-8)81(93(82)9)92-80-61-59(77(90-80)88-78(60)87-76)68(95-40-19-11-2)52-34-29-37-84-65(52)73(61)100-45-24-16-7/h49-92H,10-48H2,1-9H3. The maximum atomic E-state index is 7.87. The summed E-state index contributed by atoms with van der Waals surface area (Å²) < 4.78 is 61.9. The van der Waals surface area contributed by atoms with E-state index in [1.165, 1.54) is 38.5 Å². The smallest absolute Gasteiger partial charge is 0.0792 e. The monoisotopic (exact) mass is 1420 g/mol. The second kappa shape index (κ2) is 36.8. The molecule has 14 rings (SSSR count). The molecule has 34 atom stereocenters. The minimum Gasteiger partial charge on any atom is -0.378 e. The lowest BCUT2D eigenvalue weighted by Gasteiger charge is -2.56. The first-order chi connectivity index (χ1) is 49.8. The first kappa shape index (κ1) is 77.0. The first-order valence-corrected chi connectivity index (χ1v) is 44.0. The van der Waals surface area contributed by atoms with Gasteiger partial charge in [-0.2, -0.15) is 0 Å². The molecule has 8 saturated heterocycles. The summed E-state index contributed by atoms with van der Waals surface area (Å²) >= 11 is 0. The van der Waals surface area contributed by atoms with Gasteiger partial charge in [-0.05, 0) is 153 Å². The lowest BCUT2D eigenvalue weighted by molar-refractivity contribution is -0.187. The van der Waals surface area contributed by atoms with Crippen molar-refractivity contribution in [2.45, 2.75) is 351 Å². The number of piperidine rings is 3. The highest BCUT2D eigenvalue weighted by atomic mass is 16.5. The zero-order valence-corrected chi connectivity index (χ0v) is 64.9. The molecule has 0 spiro atoms. The maximum Gasteiger partial charge on any atom is 0.0792 e. The maximum absolute atomic E-state index is 7.87. The normalized spacial score (nSPS) is 46.9. The summed E-state index contributed by atoms with van der Waals surface area (Å²) in [5.74, 6) is 4.09. The highest BCUT2D eigenvalue weighted by molar-refractivity contribution is 5.21. The molecule has 580 valence electrons. The summed E-state index contributed by atoms with van der Waals surface area (Å²) in [6.45, 7) is 27.8. The lowest BCUT2D eigenvalue weighted by Crippen LogP contribution is -2.68. The third-order valence-corrected chi connectivity index (χ3v) is 29.3. The van der Waals surface area contributed by atoms with Crippen LogP contribution in [0.15, 0.2) is 0 Å². The number of rotatable bonds is 32. The van der Waals surface area contributed by atoms with Gasteiger partial charge >= 0.3 is 0 Å². The van der Waals surface area contributed by atoms with Crippen LogP contribution in [-0.2, 0) is 37.9 Å². The molecular weight excluding hydrogens is 1270 g/mol. The summed E-state index contributed by atoms with van der Waals surface area (Å²) in [6, 6.07) is 0.533. The minimum absolute atomic E-state index is 0.0133. The zero-order valence-electron chi connectivity index (χ0n) is 64.9. The largest absolute Gasteiger partial charge is 0.378 e. The predicted molar refractivity (Wildman–Crippen MR) is 400 cm³/mol. The molecular formula is C82H149N11O8. The lowest BCUT2D eigenvalue weighted by atomic mass is 9.54. The predicted octanol–water partition coefficient (Wildman–Crippen LogP) is 10.1. The molecule has 0 aromatic carbocycles. The molecule has 101 heavy (non-hydrogen) atoms. The van der Waals surface area contributed by atoms with Gasteiger partial charge in [-0.25, -0.2) is 0 Å². The summed E-state index contributed by atoms with van der Waals surface area (Å²) in [5.41, 5.74) is 0. The van der Waals surface area contributed by atoms with Crippen molar-refractivity contribution in [2.24, 2.45) is 88.8 Å². The van der Waals surface area contributed by atoms with Crippen molar-refractivity contribution in [1.29, 1.82) is 0 Å². The number of hydrogen-bond donors (Lipinski definition) is 10. The Bertz CT molecular complexity index is 2470. The van der Waals surface area contributed by atoms with E-state index in [0.717, 1.165) is 226 Å². The molecule has 14 fully saturated rings. The zero-order chi connectivity index (χ0) is 69.5. The molecule has 14 aliphatic rings. The SMILES string of the molecule is CCCCOC1C2CC3CCCCC3CC2C(OCCCC)C2C3NC(NC4NC(NC5NC(NC6C7C(OCCCC)C8CCCNC8C(OCCCC)C7C(N3)N6C)C3C(OCCCC)C6NCCCC6C(OCCCC)C53)C3C(OCCCC)C5NCCCC5C(OCCCC)C43)C12. The molecule has 6 aliphatic carbocycles. The fourth-order valence-corrected chi connectivity index (χ4v) is 24.7. The summed E-state index contributed by atoms with van der Waals surface area (Å²) in [7, 11) is 2.49. The number of ether oxygens (including phenoxy) is 8. The highest BCUT2D eigenvalue weighted by Gasteiger charge is 2.70. The van der Waals surface area contributed by atoms with E-state index in [2.05, 4.69) is 93.9 Å². The summed E-state index contributed by atoms with van der Waals surface area (Å²) in [6.07, 6.45) is 31.3. The van der Waals surface area contributed by atoms with Crippen molar-refractivity contribution in [3.8, 4) is 0 Å². The molecule has 19 heteroatoms. The molecule has 34 unspecified atom stereocenters. The van der Waals surface area contributed by atoms with Crippen LogP contribution in [-0.4, -0.2) is 201 Å². The molecule has 0 aromatic heterocycles. The number of fused-ring (bicyclic) bond motifs is 25. The van der Waals surface area contributed by atoms with Gasteiger partial charge < -0.3 is 53.8 Å². The van der Waals surface area contributed by atoms with Crippen molar-refractivity contribution < 1.29 is 37.9 Å². The second-order valence-corrected chi connectivity index (χ2v) is 35.2. The molecule has 8 aliphatic heterocycles. The Morgan fingerprint density at radius 3 is 0.802 bits per heavy atom. The van der Waals surface area contributed by atoms with Crippen LogP contribution in [0.1, 0.15) is 235 Å². The quantitative estimate of drug-likeness (QED) is 0.0285. The average Bonchev–Trinajstić information content (AvgIpc) is 1.59. The molecule has 8 heterocycles. The number of unbranched alkanes of at least 4 members (excludes halogenated alkanes) is 8. The number of hydrogen-bond acceptors (Lipinski definition) is 19. The second-order valence-electron chi connectivity index (χ2n) is 35.2. The van der Waals surface area contributed by atoms with Crippen molar-refractivity contribution in [3.63, 3.8) is 0 Å². The average molecular weight is 1420 g/mol. The van der Waals surface area contributed by atoms with Gasteiger partial charge in [-0.3, -0.25) is 42.1 Å². The van der Waals surface area contributed by atoms with E-state index in [0.29, 0.717) is 29.6 Å². The Hall–Kier alpha value is -0.760. The Balaban J connectivity index is 0.970. The van der Waals surface area contributed by atoms with Crippen LogP contribution >= 0.6 is 0 Å². The van der Waals surface area contributed by atoms with Crippen molar-refractivity contribution >= 4 is 0 Å². The van der Waals surface area contributed by atoms with E-state index in [1.54, 1.807) is 0 Å². The van der Waals surface area contributed by atoms with E-state index in [1.807, 2.05) is 0 Å². The van der Waals surface area contributed by atoms with E-state index in [4.69, 9.17) is 64.5 Å². The van der Waals surface area contributed by atoms with Crippen molar-refractivity contribution in [2.75, 3.05) is 79.5 Å².